The third kappa shape index (κ3) is 4.80. The zero-order chi connectivity index (χ0) is 19.9. The van der Waals surface area contributed by atoms with Crippen molar-refractivity contribution in [3.05, 3.63) is 64.7 Å². The molecule has 0 aliphatic heterocycles. The highest BCUT2D eigenvalue weighted by Gasteiger charge is 2.12. The maximum Gasteiger partial charge on any atom is 0.213 e. The molecule has 0 saturated heterocycles. The molecule has 1 N–H and O–H groups in total. The molecule has 0 radical (unpaired) electrons. The minimum Gasteiger partial charge on any atom is -0.493 e. The number of aromatic nitrogens is 2. The molecule has 0 aliphatic carbocycles. The molecular weight excluding hydrogens is 358 g/mol. The van der Waals surface area contributed by atoms with Crippen molar-refractivity contribution in [1.82, 2.24) is 15.5 Å². The van der Waals surface area contributed by atoms with Crippen LogP contribution in [0.3, 0.4) is 0 Å². The first-order chi connectivity index (χ1) is 13.6. The highest BCUT2D eigenvalue weighted by atomic mass is 16.5. The summed E-state index contributed by atoms with van der Waals surface area (Å²) in [6, 6.07) is 9.79. The Bertz CT molecular complexity index is 904. The van der Waals surface area contributed by atoms with Gasteiger partial charge in [0.15, 0.2) is 11.5 Å². The van der Waals surface area contributed by atoms with Gasteiger partial charge in [-0.3, -0.25) is 0 Å². The zero-order valence-electron chi connectivity index (χ0n) is 16.6. The van der Waals surface area contributed by atoms with E-state index in [9.17, 15) is 0 Å². The Kier molecular flexibility index (Phi) is 6.49. The fourth-order valence-electron chi connectivity index (χ4n) is 2.82. The number of aryl methyl sites for hydroxylation is 2. The first kappa shape index (κ1) is 19.7. The van der Waals surface area contributed by atoms with Crippen molar-refractivity contribution in [1.29, 1.82) is 0 Å². The zero-order valence-corrected chi connectivity index (χ0v) is 16.6. The Morgan fingerprint density at radius 2 is 1.75 bits per heavy atom. The van der Waals surface area contributed by atoms with Gasteiger partial charge in [0.1, 0.15) is 12.4 Å². The summed E-state index contributed by atoms with van der Waals surface area (Å²) in [5.41, 5.74) is 4.01. The van der Waals surface area contributed by atoms with Crippen molar-refractivity contribution < 1.29 is 18.7 Å². The van der Waals surface area contributed by atoms with Crippen LogP contribution in [-0.4, -0.2) is 24.4 Å². The van der Waals surface area contributed by atoms with Crippen LogP contribution in [0.15, 0.2) is 41.1 Å². The van der Waals surface area contributed by atoms with E-state index in [1.54, 1.807) is 20.4 Å². The summed E-state index contributed by atoms with van der Waals surface area (Å²) in [4.78, 5) is 4.11. The standard InChI is InChI=1S/C21H25N3O4/c1-14-18(15(2)28-24-14)13-27-19-6-5-16(9-20(19)25-3)11-22-12-17-7-8-23-21(10-17)26-4/h5-10,22H,11-13H2,1-4H3. The van der Waals surface area contributed by atoms with Gasteiger partial charge in [0, 0.05) is 25.4 Å². The average Bonchev–Trinajstić information content (AvgIpc) is 3.04. The topological polar surface area (TPSA) is 78.6 Å². The number of ether oxygens (including phenoxy) is 3. The van der Waals surface area contributed by atoms with Crippen LogP contribution in [0, 0.1) is 13.8 Å². The van der Waals surface area contributed by atoms with Gasteiger partial charge in [-0.25, -0.2) is 4.98 Å². The quantitative estimate of drug-likeness (QED) is 0.605. The third-order valence-corrected chi connectivity index (χ3v) is 4.45. The summed E-state index contributed by atoms with van der Waals surface area (Å²) in [5, 5.41) is 7.36. The number of methoxy groups -OCH3 is 2. The Morgan fingerprint density at radius 3 is 2.43 bits per heavy atom. The Hall–Kier alpha value is -3.06. The van der Waals surface area contributed by atoms with E-state index in [0.29, 0.717) is 37.1 Å². The van der Waals surface area contributed by atoms with E-state index >= 15 is 0 Å². The van der Waals surface area contributed by atoms with E-state index < -0.39 is 0 Å². The molecule has 0 atom stereocenters. The van der Waals surface area contributed by atoms with Crippen molar-refractivity contribution in [2.45, 2.75) is 33.5 Å². The predicted molar refractivity (Wildman–Crippen MR) is 105 cm³/mol. The second-order valence-corrected chi connectivity index (χ2v) is 6.39. The van der Waals surface area contributed by atoms with Crippen LogP contribution in [-0.2, 0) is 19.7 Å². The van der Waals surface area contributed by atoms with E-state index in [4.69, 9.17) is 18.7 Å². The Balaban J connectivity index is 1.59. The summed E-state index contributed by atoms with van der Waals surface area (Å²) in [6.45, 7) is 5.58. The summed E-state index contributed by atoms with van der Waals surface area (Å²) in [5.74, 6) is 2.76. The number of hydrogen-bond donors (Lipinski definition) is 1. The van der Waals surface area contributed by atoms with E-state index in [1.807, 2.05) is 44.2 Å². The van der Waals surface area contributed by atoms with E-state index in [-0.39, 0.29) is 0 Å². The second kappa shape index (κ2) is 9.23. The molecule has 0 amide bonds. The monoisotopic (exact) mass is 383 g/mol. The van der Waals surface area contributed by atoms with Gasteiger partial charge in [-0.15, -0.1) is 0 Å². The van der Waals surface area contributed by atoms with Gasteiger partial charge in [-0.2, -0.15) is 0 Å². The van der Waals surface area contributed by atoms with Gasteiger partial charge >= 0.3 is 0 Å². The molecule has 2 aromatic heterocycles. The molecular formula is C21H25N3O4. The molecule has 0 unspecified atom stereocenters. The number of pyridine rings is 1. The van der Waals surface area contributed by atoms with Crippen molar-refractivity contribution in [3.8, 4) is 17.4 Å². The molecule has 2 heterocycles. The van der Waals surface area contributed by atoms with Gasteiger partial charge in [0.05, 0.1) is 25.5 Å². The summed E-state index contributed by atoms with van der Waals surface area (Å²) < 4.78 is 21.7. The molecule has 28 heavy (non-hydrogen) atoms. The largest absolute Gasteiger partial charge is 0.493 e. The Labute approximate surface area is 164 Å². The normalized spacial score (nSPS) is 10.7. The molecule has 7 heteroatoms. The van der Waals surface area contributed by atoms with Crippen molar-refractivity contribution >= 4 is 0 Å². The Morgan fingerprint density at radius 1 is 0.964 bits per heavy atom. The van der Waals surface area contributed by atoms with Crippen LogP contribution in [0.1, 0.15) is 28.1 Å². The van der Waals surface area contributed by atoms with Crippen LogP contribution in [0.5, 0.6) is 17.4 Å². The van der Waals surface area contributed by atoms with Gasteiger partial charge in [0.2, 0.25) is 5.88 Å². The highest BCUT2D eigenvalue weighted by Crippen LogP contribution is 2.29. The lowest BCUT2D eigenvalue weighted by atomic mass is 10.2. The van der Waals surface area contributed by atoms with Crippen LogP contribution >= 0.6 is 0 Å². The van der Waals surface area contributed by atoms with Crippen LogP contribution in [0.2, 0.25) is 0 Å². The van der Waals surface area contributed by atoms with Crippen LogP contribution in [0.25, 0.3) is 0 Å². The van der Waals surface area contributed by atoms with Crippen molar-refractivity contribution in [2.24, 2.45) is 0 Å². The number of rotatable bonds is 9. The first-order valence-electron chi connectivity index (χ1n) is 9.01. The molecule has 7 nitrogen and oxygen atoms in total. The van der Waals surface area contributed by atoms with E-state index in [1.165, 1.54) is 0 Å². The van der Waals surface area contributed by atoms with Crippen molar-refractivity contribution in [3.63, 3.8) is 0 Å². The van der Waals surface area contributed by atoms with Gasteiger partial charge in [-0.05, 0) is 43.2 Å². The lowest BCUT2D eigenvalue weighted by Gasteiger charge is -2.13. The molecule has 1 aromatic carbocycles. The lowest BCUT2D eigenvalue weighted by Crippen LogP contribution is -2.13. The van der Waals surface area contributed by atoms with Crippen LogP contribution < -0.4 is 19.5 Å². The number of benzene rings is 1. The summed E-state index contributed by atoms with van der Waals surface area (Å²) in [6.07, 6.45) is 1.74. The smallest absolute Gasteiger partial charge is 0.213 e. The highest BCUT2D eigenvalue weighted by molar-refractivity contribution is 5.43. The predicted octanol–water partition coefficient (Wildman–Crippen LogP) is 3.57. The second-order valence-electron chi connectivity index (χ2n) is 6.39. The molecule has 0 fully saturated rings. The minimum absolute atomic E-state index is 0.388. The molecule has 0 spiro atoms. The molecule has 0 saturated carbocycles. The molecule has 3 aromatic rings. The SMILES string of the molecule is COc1cc(CNCc2ccc(OCc3c(C)noc3C)c(OC)c2)ccn1. The van der Waals surface area contributed by atoms with Gasteiger partial charge < -0.3 is 24.1 Å². The fraction of sp³-hybridized carbons (Fsp3) is 0.333. The summed E-state index contributed by atoms with van der Waals surface area (Å²) >= 11 is 0. The number of hydrogen-bond acceptors (Lipinski definition) is 7. The molecule has 0 bridgehead atoms. The average molecular weight is 383 g/mol. The van der Waals surface area contributed by atoms with Crippen molar-refractivity contribution in [2.75, 3.05) is 14.2 Å². The number of nitrogens with zero attached hydrogens (tertiary/aromatic N) is 2. The molecule has 148 valence electrons. The molecule has 3 rings (SSSR count). The van der Waals surface area contributed by atoms with Gasteiger partial charge in [-0.1, -0.05) is 11.2 Å². The minimum atomic E-state index is 0.388. The maximum absolute atomic E-state index is 5.92. The summed E-state index contributed by atoms with van der Waals surface area (Å²) in [7, 11) is 3.25. The molecule has 0 aliphatic rings. The van der Waals surface area contributed by atoms with E-state index in [0.717, 1.165) is 28.1 Å². The van der Waals surface area contributed by atoms with Crippen LogP contribution in [0.4, 0.5) is 0 Å². The lowest BCUT2D eigenvalue weighted by molar-refractivity contribution is 0.281. The number of nitrogens with one attached hydrogen (secondary N) is 1. The maximum atomic E-state index is 5.92. The first-order valence-corrected chi connectivity index (χ1v) is 9.01. The van der Waals surface area contributed by atoms with Gasteiger partial charge in [0.25, 0.3) is 0 Å². The fourth-order valence-corrected chi connectivity index (χ4v) is 2.82. The third-order valence-electron chi connectivity index (χ3n) is 4.45. The van der Waals surface area contributed by atoms with E-state index in [2.05, 4.69) is 15.5 Å².